The molecule has 1 heterocycles. The van der Waals surface area contributed by atoms with Crippen molar-refractivity contribution < 1.29 is 27.9 Å². The predicted molar refractivity (Wildman–Crippen MR) is 148 cm³/mol. The van der Waals surface area contributed by atoms with E-state index in [2.05, 4.69) is 73.3 Å². The van der Waals surface area contributed by atoms with Gasteiger partial charge in [-0.3, -0.25) is 4.79 Å². The molecule has 8 heteroatoms. The summed E-state index contributed by atoms with van der Waals surface area (Å²) in [6.07, 6.45) is 3.09. The maximum absolute atomic E-state index is 15.0. The van der Waals surface area contributed by atoms with Crippen molar-refractivity contribution in [1.29, 1.82) is 0 Å². The van der Waals surface area contributed by atoms with Crippen LogP contribution in [-0.4, -0.2) is 46.4 Å². The fourth-order valence-corrected chi connectivity index (χ4v) is 12.2. The molecule has 206 valence electrons. The van der Waals surface area contributed by atoms with E-state index < -0.39 is 46.0 Å². The van der Waals surface area contributed by atoms with E-state index in [4.69, 9.17) is 18.3 Å². The van der Waals surface area contributed by atoms with Crippen molar-refractivity contribution in [2.75, 3.05) is 0 Å². The number of hydrogen-bond donors (Lipinski definition) is 0. The van der Waals surface area contributed by atoms with Gasteiger partial charge in [0.25, 0.3) is 0 Å². The zero-order valence-electron chi connectivity index (χ0n) is 24.4. The molecule has 3 fully saturated rings. The van der Waals surface area contributed by atoms with E-state index in [1.165, 1.54) is 0 Å². The Morgan fingerprint density at radius 2 is 1.70 bits per heavy atom. The third-order valence-corrected chi connectivity index (χ3v) is 16.2. The van der Waals surface area contributed by atoms with Gasteiger partial charge in [0.05, 0.1) is 5.41 Å². The number of carbonyl (C=O) groups excluding carboxylic acids is 2. The van der Waals surface area contributed by atoms with Crippen LogP contribution in [0.1, 0.15) is 54.9 Å². The molecule has 0 aromatic heterocycles. The number of carbonyl (C=O) groups is 2. The Balaban J connectivity index is 1.82. The van der Waals surface area contributed by atoms with Crippen LogP contribution < -0.4 is 0 Å². The van der Waals surface area contributed by atoms with Crippen LogP contribution in [0.5, 0.6) is 0 Å². The molecule has 2 bridgehead atoms. The summed E-state index contributed by atoms with van der Waals surface area (Å²) in [5.74, 6) is 1.21. The average Bonchev–Trinajstić information content (AvgIpc) is 3.09. The molecule has 5 rings (SSSR count). The van der Waals surface area contributed by atoms with Crippen molar-refractivity contribution in [1.82, 2.24) is 0 Å². The quantitative estimate of drug-likeness (QED) is 0.198. The van der Waals surface area contributed by atoms with Crippen molar-refractivity contribution in [3.8, 4) is 0 Å². The molecular formula is C29H46O6Si2. The highest BCUT2D eigenvalue weighted by molar-refractivity contribution is 6.73. The van der Waals surface area contributed by atoms with Crippen LogP contribution in [-0.2, 0) is 23.1 Å². The monoisotopic (exact) mass is 546 g/mol. The number of ether oxygens (including phenoxy) is 2. The molecule has 37 heavy (non-hydrogen) atoms. The highest BCUT2D eigenvalue weighted by Crippen LogP contribution is 2.73. The highest BCUT2D eigenvalue weighted by atomic mass is 28.4. The SMILES string of the molecule is CC[Si](CC)(CC)O[C@@H]1C(O[Si](C)(C)C)=C[C@@H]2C(=O)[C@]3(C=C(C)[C@@H]4OC(=O)O[C@@]143)[C@H](C)C[C@@H]1[C@H]2C1(C)C. The van der Waals surface area contributed by atoms with Gasteiger partial charge in [-0.1, -0.05) is 47.6 Å². The van der Waals surface area contributed by atoms with Gasteiger partial charge in [-0.2, -0.15) is 0 Å². The van der Waals surface area contributed by atoms with Gasteiger partial charge in [0, 0.05) is 5.92 Å². The summed E-state index contributed by atoms with van der Waals surface area (Å²) in [6.45, 7) is 21.8. The Morgan fingerprint density at radius 3 is 2.27 bits per heavy atom. The van der Waals surface area contributed by atoms with Crippen LogP contribution in [0.25, 0.3) is 0 Å². The van der Waals surface area contributed by atoms with Gasteiger partial charge in [0.2, 0.25) is 13.9 Å². The molecule has 0 N–H and O–H groups in total. The Labute approximate surface area is 224 Å². The molecule has 1 aliphatic heterocycles. The molecule has 4 aliphatic carbocycles. The van der Waals surface area contributed by atoms with E-state index in [1.807, 2.05) is 6.92 Å². The maximum atomic E-state index is 15.0. The number of Topliss-reactive ketones (excluding diaryl/α,β-unsaturated/α-hetero) is 1. The normalized spacial score (nSPS) is 41.8. The zero-order valence-corrected chi connectivity index (χ0v) is 26.4. The van der Waals surface area contributed by atoms with Crippen molar-refractivity contribution >= 4 is 28.6 Å². The van der Waals surface area contributed by atoms with E-state index in [-0.39, 0.29) is 29.0 Å². The van der Waals surface area contributed by atoms with E-state index in [0.717, 1.165) is 30.1 Å². The minimum absolute atomic E-state index is 0.0274. The first-order valence-electron chi connectivity index (χ1n) is 14.4. The summed E-state index contributed by atoms with van der Waals surface area (Å²) in [5.41, 5.74) is -1.33. The maximum Gasteiger partial charge on any atom is 0.509 e. The van der Waals surface area contributed by atoms with Crippen molar-refractivity contribution in [3.05, 3.63) is 23.5 Å². The smallest absolute Gasteiger partial charge is 0.509 e. The van der Waals surface area contributed by atoms with Gasteiger partial charge in [-0.15, -0.1) is 0 Å². The van der Waals surface area contributed by atoms with Crippen LogP contribution in [0, 0.1) is 34.5 Å². The van der Waals surface area contributed by atoms with E-state index >= 15 is 0 Å². The lowest BCUT2D eigenvalue weighted by Crippen LogP contribution is -2.66. The summed E-state index contributed by atoms with van der Waals surface area (Å²) >= 11 is 0. The Hall–Kier alpha value is -1.39. The van der Waals surface area contributed by atoms with Crippen LogP contribution in [0.4, 0.5) is 4.79 Å². The Morgan fingerprint density at radius 1 is 1.08 bits per heavy atom. The van der Waals surface area contributed by atoms with Gasteiger partial charge < -0.3 is 18.3 Å². The number of fused-ring (bicyclic) bond motifs is 3. The van der Waals surface area contributed by atoms with Gasteiger partial charge in [0.1, 0.15) is 11.9 Å². The molecule has 0 radical (unpaired) electrons. The van der Waals surface area contributed by atoms with Crippen LogP contribution in [0.3, 0.4) is 0 Å². The summed E-state index contributed by atoms with van der Waals surface area (Å²) in [7, 11) is -4.36. The van der Waals surface area contributed by atoms with Crippen LogP contribution in [0.15, 0.2) is 23.5 Å². The van der Waals surface area contributed by atoms with E-state index in [0.29, 0.717) is 11.7 Å². The lowest BCUT2D eigenvalue weighted by atomic mass is 9.59. The van der Waals surface area contributed by atoms with Crippen molar-refractivity contribution in [2.24, 2.45) is 34.5 Å². The fraction of sp³-hybridized carbons (Fsp3) is 0.793. The molecule has 0 aromatic carbocycles. The Bertz CT molecular complexity index is 1060. The first-order valence-corrected chi connectivity index (χ1v) is 20.3. The standard InChI is InChI=1S/C29H46O6Si2/c1-11-37(12-2,13-3)35-25-21(34-36(8,9)10)15-19-22-20(27(22,6)7)14-18(5)28(23(19)30)16-17(4)24-29(25,28)33-26(31)32-24/h15-16,18-20,22,24-25H,11-14H2,1-10H3/t18-,19+,20-,22+,24+,25-,28+,29-/m1/s1. The fourth-order valence-electron chi connectivity index (χ4n) is 8.57. The molecular weight excluding hydrogens is 500 g/mol. The van der Waals surface area contributed by atoms with Crippen molar-refractivity contribution in [3.63, 3.8) is 0 Å². The van der Waals surface area contributed by atoms with Gasteiger partial charge in [-0.25, -0.2) is 4.79 Å². The van der Waals surface area contributed by atoms with Crippen LogP contribution in [0.2, 0.25) is 37.8 Å². The predicted octanol–water partition coefficient (Wildman–Crippen LogP) is 6.84. The topological polar surface area (TPSA) is 71.1 Å². The summed E-state index contributed by atoms with van der Waals surface area (Å²) < 4.78 is 26.5. The van der Waals surface area contributed by atoms with Crippen LogP contribution >= 0.6 is 0 Å². The first kappa shape index (κ1) is 27.2. The lowest BCUT2D eigenvalue weighted by molar-refractivity contribution is -0.161. The summed E-state index contributed by atoms with van der Waals surface area (Å²) in [4.78, 5) is 28.0. The molecule has 8 atom stereocenters. The molecule has 0 unspecified atom stereocenters. The number of rotatable bonds is 7. The third-order valence-electron chi connectivity index (χ3n) is 10.7. The summed E-state index contributed by atoms with van der Waals surface area (Å²) in [5, 5.41) is 0. The number of hydrogen-bond acceptors (Lipinski definition) is 6. The second kappa shape index (κ2) is 8.31. The molecule has 1 saturated heterocycles. The average molecular weight is 547 g/mol. The minimum atomic E-state index is -2.24. The molecule has 0 amide bonds. The van der Waals surface area contributed by atoms with E-state index in [1.54, 1.807) is 0 Å². The van der Waals surface area contributed by atoms with Crippen molar-refractivity contribution in [2.45, 2.75) is 110 Å². The minimum Gasteiger partial charge on any atom is -0.545 e. The molecule has 2 saturated carbocycles. The van der Waals surface area contributed by atoms with Gasteiger partial charge in [-0.05, 0) is 85.9 Å². The van der Waals surface area contributed by atoms with E-state index in [9.17, 15) is 9.59 Å². The second-order valence-electron chi connectivity index (χ2n) is 13.9. The van der Waals surface area contributed by atoms with Gasteiger partial charge >= 0.3 is 6.16 Å². The Kier molecular flexibility index (Phi) is 6.10. The third kappa shape index (κ3) is 3.50. The summed E-state index contributed by atoms with van der Waals surface area (Å²) in [6, 6.07) is 2.82. The second-order valence-corrected chi connectivity index (χ2v) is 23.1. The highest BCUT2D eigenvalue weighted by Gasteiger charge is 2.81. The lowest BCUT2D eigenvalue weighted by Gasteiger charge is -2.50. The molecule has 6 nitrogen and oxygen atoms in total. The zero-order chi connectivity index (χ0) is 27.3. The molecule has 2 spiro atoms. The number of allylic oxidation sites excluding steroid dienone is 1. The molecule has 5 aliphatic rings. The first-order chi connectivity index (χ1) is 17.1. The largest absolute Gasteiger partial charge is 0.545 e. The molecule has 0 aromatic rings. The number of ketones is 1. The van der Waals surface area contributed by atoms with Gasteiger partial charge in [0.15, 0.2) is 20.2 Å².